The van der Waals surface area contributed by atoms with Gasteiger partial charge in [-0.1, -0.05) is 46.8 Å². The van der Waals surface area contributed by atoms with Gasteiger partial charge in [0.15, 0.2) is 0 Å². The molecule has 2 aliphatic heterocycles. The number of esters is 1. The molecule has 0 aromatic heterocycles. The molecule has 3 rings (SSSR count). The fraction of sp³-hybridized carbons (Fsp3) is 0.529. The Balaban J connectivity index is 0.00000137. The third-order valence-corrected chi connectivity index (χ3v) is 7.01. The lowest BCUT2D eigenvalue weighted by molar-refractivity contribution is -0.156. The first kappa shape index (κ1) is 40.1. The highest BCUT2D eigenvalue weighted by molar-refractivity contribution is 5.86. The number of guanidine groups is 1. The van der Waals surface area contributed by atoms with Crippen molar-refractivity contribution in [2.24, 2.45) is 10.9 Å². The van der Waals surface area contributed by atoms with E-state index in [0.717, 1.165) is 24.4 Å². The number of alkyl halides is 3. The Morgan fingerprint density at radius 1 is 1.07 bits per heavy atom. The number of aliphatic hydroxyl groups excluding tert-OH is 1. The first-order valence-electron chi connectivity index (χ1n) is 15.6. The Labute approximate surface area is 271 Å². The molecule has 1 atom stereocenters. The molecule has 2 heterocycles. The van der Waals surface area contributed by atoms with Gasteiger partial charge in [0, 0.05) is 44.9 Å². The van der Waals surface area contributed by atoms with Crippen LogP contribution in [-0.4, -0.2) is 80.0 Å². The molecular formula is C34H50F4N4O4. The van der Waals surface area contributed by atoms with Gasteiger partial charge in [0.25, 0.3) is 0 Å². The summed E-state index contributed by atoms with van der Waals surface area (Å²) in [5.74, 6) is -1.74. The molecular weight excluding hydrogens is 604 g/mol. The third-order valence-electron chi connectivity index (χ3n) is 7.01. The van der Waals surface area contributed by atoms with E-state index in [2.05, 4.69) is 14.6 Å². The van der Waals surface area contributed by atoms with E-state index in [4.69, 9.17) is 4.74 Å². The SMILES string of the molecule is CC.CC/C=C1/CN(C(=C/C(C)C(F)(F)F)/C(O)=C\CC)C(N2CCN(c3cccc(OC)c3)CC2)=N/C1=C(/C)F.COC(C)=O. The van der Waals surface area contributed by atoms with Crippen molar-refractivity contribution in [2.75, 3.05) is 51.8 Å². The molecule has 0 aliphatic carbocycles. The van der Waals surface area contributed by atoms with Gasteiger partial charge in [-0.3, -0.25) is 4.79 Å². The molecule has 2 aliphatic rings. The zero-order valence-electron chi connectivity index (χ0n) is 28.5. The second-order valence-electron chi connectivity index (χ2n) is 10.3. The molecule has 1 fully saturated rings. The summed E-state index contributed by atoms with van der Waals surface area (Å²) in [5.41, 5.74) is 1.74. The number of anilines is 1. The highest BCUT2D eigenvalue weighted by Gasteiger charge is 2.38. The van der Waals surface area contributed by atoms with Crippen molar-refractivity contribution < 1.29 is 36.9 Å². The van der Waals surface area contributed by atoms with E-state index in [-0.39, 0.29) is 29.7 Å². The van der Waals surface area contributed by atoms with Crippen molar-refractivity contribution >= 4 is 17.6 Å². The minimum Gasteiger partial charge on any atom is -0.506 e. The summed E-state index contributed by atoms with van der Waals surface area (Å²) in [6.07, 6.45) is 0.842. The number of allylic oxidation sites excluding steroid dienone is 4. The van der Waals surface area contributed by atoms with Gasteiger partial charge >= 0.3 is 12.1 Å². The van der Waals surface area contributed by atoms with Crippen LogP contribution in [0.4, 0.5) is 23.2 Å². The Morgan fingerprint density at radius 3 is 2.13 bits per heavy atom. The average Bonchev–Trinajstić information content (AvgIpc) is 3.04. The highest BCUT2D eigenvalue weighted by atomic mass is 19.4. The minimum absolute atomic E-state index is 0.00761. The number of nitrogens with zero attached hydrogens (tertiary/aromatic N) is 4. The molecule has 0 amide bonds. The number of aliphatic imine (C=N–C) groups is 1. The second-order valence-corrected chi connectivity index (χ2v) is 10.3. The van der Waals surface area contributed by atoms with E-state index in [9.17, 15) is 27.5 Å². The Kier molecular flexibility index (Phi) is 17.0. The Bertz CT molecular complexity index is 1280. The van der Waals surface area contributed by atoms with Gasteiger partial charge in [-0.2, -0.15) is 13.2 Å². The Morgan fingerprint density at radius 2 is 1.65 bits per heavy atom. The van der Waals surface area contributed by atoms with Crippen molar-refractivity contribution in [3.63, 3.8) is 0 Å². The fourth-order valence-corrected chi connectivity index (χ4v) is 4.60. The first-order valence-corrected chi connectivity index (χ1v) is 15.6. The zero-order valence-corrected chi connectivity index (χ0v) is 28.5. The molecule has 0 saturated carbocycles. The van der Waals surface area contributed by atoms with E-state index >= 15 is 0 Å². The van der Waals surface area contributed by atoms with E-state index < -0.39 is 17.9 Å². The van der Waals surface area contributed by atoms with E-state index in [0.29, 0.717) is 50.6 Å². The van der Waals surface area contributed by atoms with Gasteiger partial charge in [0.1, 0.15) is 23.0 Å². The number of benzene rings is 1. The number of halogens is 4. The summed E-state index contributed by atoms with van der Waals surface area (Å²) >= 11 is 0. The summed E-state index contributed by atoms with van der Waals surface area (Å²) in [7, 11) is 2.96. The smallest absolute Gasteiger partial charge is 0.394 e. The van der Waals surface area contributed by atoms with Crippen LogP contribution in [0.3, 0.4) is 0 Å². The third kappa shape index (κ3) is 11.8. The van der Waals surface area contributed by atoms with Crippen molar-refractivity contribution in [3.8, 4) is 5.75 Å². The lowest BCUT2D eigenvalue weighted by atomic mass is 10.0. The van der Waals surface area contributed by atoms with Crippen molar-refractivity contribution in [2.45, 2.75) is 67.5 Å². The Hall–Kier alpha value is -3.96. The number of hydrogen-bond acceptors (Lipinski definition) is 8. The summed E-state index contributed by atoms with van der Waals surface area (Å²) in [6, 6.07) is 7.72. The van der Waals surface area contributed by atoms with Crippen LogP contribution in [-0.2, 0) is 9.53 Å². The van der Waals surface area contributed by atoms with Crippen molar-refractivity contribution in [1.82, 2.24) is 9.80 Å². The number of carbonyl (C=O) groups is 1. The van der Waals surface area contributed by atoms with Crippen molar-refractivity contribution in [3.05, 3.63) is 71.0 Å². The summed E-state index contributed by atoms with van der Waals surface area (Å²) in [4.78, 5) is 19.9. The van der Waals surface area contributed by atoms with E-state index in [1.807, 2.05) is 56.0 Å². The number of aliphatic hydroxyl groups is 1. The van der Waals surface area contributed by atoms with Gasteiger partial charge in [0.05, 0.1) is 32.4 Å². The van der Waals surface area contributed by atoms with Crippen LogP contribution in [0.25, 0.3) is 0 Å². The van der Waals surface area contributed by atoms with Gasteiger partial charge in [-0.25, -0.2) is 9.38 Å². The number of hydrogen-bond donors (Lipinski definition) is 1. The number of methoxy groups -OCH3 is 2. The average molecular weight is 655 g/mol. The lowest BCUT2D eigenvalue weighted by Gasteiger charge is -2.43. The number of carbonyl (C=O) groups excluding carboxylic acids is 1. The molecule has 0 bridgehead atoms. The molecule has 1 unspecified atom stereocenters. The van der Waals surface area contributed by atoms with Gasteiger partial charge < -0.3 is 29.3 Å². The molecule has 46 heavy (non-hydrogen) atoms. The van der Waals surface area contributed by atoms with Gasteiger partial charge in [-0.15, -0.1) is 0 Å². The molecule has 8 nitrogen and oxygen atoms in total. The van der Waals surface area contributed by atoms with Gasteiger partial charge in [0.2, 0.25) is 5.96 Å². The molecule has 1 aromatic carbocycles. The number of piperazine rings is 1. The summed E-state index contributed by atoms with van der Waals surface area (Å²) < 4.78 is 65.0. The van der Waals surface area contributed by atoms with Crippen LogP contribution in [0, 0.1) is 5.92 Å². The quantitative estimate of drug-likeness (QED) is 0.138. The highest BCUT2D eigenvalue weighted by Crippen LogP contribution is 2.34. The molecule has 0 radical (unpaired) electrons. The number of rotatable bonds is 7. The normalized spacial score (nSPS) is 18.5. The van der Waals surface area contributed by atoms with Crippen LogP contribution in [0.2, 0.25) is 0 Å². The zero-order chi connectivity index (χ0) is 35.0. The standard InChI is InChI=1S/C29H38F4N4O2.C3H6O2.C2H6/c1-6-9-22-19-37(25(26(38)10-7-2)17-20(3)29(31,32)33)28(34-27(22)21(4)30)36-15-13-35(14-16-36)23-11-8-12-24(18-23)39-5;1-3(4)5-2;1-2/h8-12,17-18,20,38H,6-7,13-16,19H2,1-5H3;1-2H3;1-2H3/b22-9-,25-17+,26-10+,27-21-;;. The maximum absolute atomic E-state index is 14.7. The number of ether oxygens (including phenoxy) is 2. The van der Waals surface area contributed by atoms with Crippen LogP contribution in [0.1, 0.15) is 61.3 Å². The van der Waals surface area contributed by atoms with Crippen molar-refractivity contribution in [1.29, 1.82) is 0 Å². The maximum Gasteiger partial charge on any atom is 0.394 e. The fourth-order valence-electron chi connectivity index (χ4n) is 4.60. The molecule has 258 valence electrons. The first-order chi connectivity index (χ1) is 21.8. The van der Waals surface area contributed by atoms with Crippen LogP contribution >= 0.6 is 0 Å². The van der Waals surface area contributed by atoms with Crippen LogP contribution in [0.5, 0.6) is 5.75 Å². The molecule has 12 heteroatoms. The summed E-state index contributed by atoms with van der Waals surface area (Å²) in [5, 5.41) is 10.9. The summed E-state index contributed by atoms with van der Waals surface area (Å²) in [6.45, 7) is 13.7. The monoisotopic (exact) mass is 654 g/mol. The van der Waals surface area contributed by atoms with E-state index in [1.54, 1.807) is 18.9 Å². The van der Waals surface area contributed by atoms with Gasteiger partial charge in [-0.05, 0) is 49.6 Å². The van der Waals surface area contributed by atoms with Crippen LogP contribution in [0.15, 0.2) is 76.0 Å². The van der Waals surface area contributed by atoms with E-state index in [1.165, 1.54) is 27.0 Å². The second kappa shape index (κ2) is 19.5. The lowest BCUT2D eigenvalue weighted by Crippen LogP contribution is -2.55. The minimum atomic E-state index is -4.49. The largest absolute Gasteiger partial charge is 0.506 e. The predicted octanol–water partition coefficient (Wildman–Crippen LogP) is 8.17. The molecule has 1 aromatic rings. The molecule has 0 spiro atoms. The molecule has 1 saturated heterocycles. The predicted molar refractivity (Wildman–Crippen MR) is 176 cm³/mol. The van der Waals surface area contributed by atoms with Crippen LogP contribution < -0.4 is 9.64 Å². The molecule has 1 N–H and O–H groups in total. The topological polar surface area (TPSA) is 77.8 Å². The maximum atomic E-state index is 14.7.